The molecule has 1 atom stereocenters. The zero-order valence-electron chi connectivity index (χ0n) is 19.4. The molecule has 0 fully saturated rings. The Kier molecular flexibility index (Phi) is 6.00. The normalized spacial score (nSPS) is 12.6. The number of oxazole rings is 1. The molecule has 0 saturated carbocycles. The first kappa shape index (κ1) is 24.8. The molecule has 4 aromatic heterocycles. The van der Waals surface area contributed by atoms with Crippen molar-refractivity contribution in [3.8, 4) is 28.8 Å². The summed E-state index contributed by atoms with van der Waals surface area (Å²) in [4.78, 5) is 16.5. The molecule has 38 heavy (non-hydrogen) atoms. The third kappa shape index (κ3) is 4.28. The zero-order valence-corrected chi connectivity index (χ0v) is 19.4. The van der Waals surface area contributed by atoms with Crippen LogP contribution >= 0.6 is 0 Å². The summed E-state index contributed by atoms with van der Waals surface area (Å²) in [5.41, 5.74) is 4.56. The minimum atomic E-state index is -5.10. The van der Waals surface area contributed by atoms with E-state index >= 15 is 4.39 Å². The number of aryl methyl sites for hydroxylation is 1. The molecule has 5 aromatic rings. The number of hydrogen-bond donors (Lipinski definition) is 2. The van der Waals surface area contributed by atoms with Gasteiger partial charge in [-0.25, -0.2) is 23.9 Å². The zero-order chi connectivity index (χ0) is 27.2. The fourth-order valence-electron chi connectivity index (χ4n) is 3.89. The molecule has 5 rings (SSSR count). The van der Waals surface area contributed by atoms with Gasteiger partial charge in [0.1, 0.15) is 29.0 Å². The van der Waals surface area contributed by atoms with Gasteiger partial charge in [0.25, 0.3) is 0 Å². The van der Waals surface area contributed by atoms with E-state index in [0.717, 1.165) is 4.52 Å². The number of aromatic nitrogens is 6. The van der Waals surface area contributed by atoms with Gasteiger partial charge in [0.2, 0.25) is 0 Å². The van der Waals surface area contributed by atoms with Gasteiger partial charge >= 0.3 is 6.18 Å². The number of fused-ring (bicyclic) bond motifs is 1. The van der Waals surface area contributed by atoms with Crippen molar-refractivity contribution in [2.75, 3.05) is 5.73 Å². The van der Waals surface area contributed by atoms with Crippen molar-refractivity contribution in [3.05, 3.63) is 77.1 Å². The summed E-state index contributed by atoms with van der Waals surface area (Å²) in [6.45, 7) is 1.28. The second-order valence-electron chi connectivity index (χ2n) is 8.13. The Bertz CT molecular complexity index is 1710. The molecule has 0 spiro atoms. The molecule has 0 aliphatic heterocycles. The minimum absolute atomic E-state index is 0.0620. The fraction of sp³-hybridized carbons (Fsp3) is 0.167. The topological polar surface area (TPSA) is 152 Å². The highest BCUT2D eigenvalue weighted by Gasteiger charge is 2.44. The standard InChI is InChI=1S/C24H16F4N8O2/c1-11-32-18(21(37)24(26,27)28)20(38-11)19-17(14-7-4-5-12(10-29)16(14)25)34-22(30)23-33-15(35-36(19)23)9-13-6-2-3-8-31-13/h2-8,21,37H,9H2,1H3,(H2,30,34). The van der Waals surface area contributed by atoms with E-state index in [0.29, 0.717) is 5.69 Å². The van der Waals surface area contributed by atoms with E-state index in [1.807, 2.05) is 0 Å². The molecule has 14 heteroatoms. The number of aliphatic hydroxyl groups is 1. The summed E-state index contributed by atoms with van der Waals surface area (Å²) in [6.07, 6.45) is -6.45. The van der Waals surface area contributed by atoms with Crippen molar-refractivity contribution in [1.82, 2.24) is 29.5 Å². The Morgan fingerprint density at radius 2 is 1.95 bits per heavy atom. The second kappa shape index (κ2) is 9.20. The second-order valence-corrected chi connectivity index (χ2v) is 8.13. The molecule has 10 nitrogen and oxygen atoms in total. The van der Waals surface area contributed by atoms with Gasteiger partial charge in [-0.15, -0.1) is 5.10 Å². The predicted molar refractivity (Wildman–Crippen MR) is 124 cm³/mol. The fourth-order valence-corrected chi connectivity index (χ4v) is 3.89. The van der Waals surface area contributed by atoms with Gasteiger partial charge in [0.15, 0.2) is 35.0 Å². The number of rotatable bonds is 5. The quantitative estimate of drug-likeness (QED) is 0.326. The van der Waals surface area contributed by atoms with Crippen LogP contribution in [0.5, 0.6) is 0 Å². The van der Waals surface area contributed by atoms with Crippen LogP contribution in [-0.2, 0) is 6.42 Å². The number of nitrogens with two attached hydrogens (primary N) is 1. The van der Waals surface area contributed by atoms with Crippen LogP contribution in [0.4, 0.5) is 23.4 Å². The number of hydrogen-bond acceptors (Lipinski definition) is 9. The van der Waals surface area contributed by atoms with Gasteiger partial charge in [0, 0.05) is 24.4 Å². The van der Waals surface area contributed by atoms with Crippen molar-refractivity contribution in [1.29, 1.82) is 5.26 Å². The van der Waals surface area contributed by atoms with E-state index in [1.54, 1.807) is 30.5 Å². The third-order valence-electron chi connectivity index (χ3n) is 5.53. The first-order chi connectivity index (χ1) is 18.1. The predicted octanol–water partition coefficient (Wildman–Crippen LogP) is 3.93. The van der Waals surface area contributed by atoms with Gasteiger partial charge in [-0.2, -0.15) is 18.4 Å². The van der Waals surface area contributed by atoms with Crippen molar-refractivity contribution >= 4 is 11.5 Å². The number of halogens is 4. The first-order valence-electron chi connectivity index (χ1n) is 10.9. The molecule has 0 aliphatic carbocycles. The molecule has 192 valence electrons. The Morgan fingerprint density at radius 3 is 2.63 bits per heavy atom. The van der Waals surface area contributed by atoms with Gasteiger partial charge < -0.3 is 15.3 Å². The number of aliphatic hydroxyl groups excluding tert-OH is 1. The van der Waals surface area contributed by atoms with Crippen molar-refractivity contribution in [2.24, 2.45) is 0 Å². The lowest BCUT2D eigenvalue weighted by Gasteiger charge is -2.15. The average molecular weight is 524 g/mol. The number of nitrogens with zero attached hydrogens (tertiary/aromatic N) is 7. The molecule has 1 unspecified atom stereocenters. The van der Waals surface area contributed by atoms with Crippen LogP contribution in [0.2, 0.25) is 0 Å². The Balaban J connectivity index is 1.84. The van der Waals surface area contributed by atoms with E-state index in [9.17, 15) is 23.5 Å². The summed E-state index contributed by atoms with van der Waals surface area (Å²) >= 11 is 0. The lowest BCUT2D eigenvalue weighted by molar-refractivity contribution is -0.207. The maximum atomic E-state index is 15.3. The highest BCUT2D eigenvalue weighted by atomic mass is 19.4. The van der Waals surface area contributed by atoms with Crippen LogP contribution in [0, 0.1) is 24.1 Å². The van der Waals surface area contributed by atoms with Gasteiger partial charge in [-0.05, 0) is 24.3 Å². The van der Waals surface area contributed by atoms with Crippen LogP contribution in [0.1, 0.15) is 34.8 Å². The highest BCUT2D eigenvalue weighted by Crippen LogP contribution is 2.41. The molecule has 0 radical (unpaired) electrons. The molecular formula is C24H16F4N8O2. The van der Waals surface area contributed by atoms with E-state index in [2.05, 4.69) is 25.0 Å². The lowest BCUT2D eigenvalue weighted by Crippen LogP contribution is -2.21. The molecule has 0 bridgehead atoms. The van der Waals surface area contributed by atoms with Crippen LogP contribution in [-0.4, -0.2) is 40.8 Å². The summed E-state index contributed by atoms with van der Waals surface area (Å²) in [7, 11) is 0. The van der Waals surface area contributed by atoms with E-state index < -0.39 is 29.6 Å². The molecule has 4 heterocycles. The Hall–Kier alpha value is -4.90. The first-order valence-corrected chi connectivity index (χ1v) is 10.9. The minimum Gasteiger partial charge on any atom is -0.439 e. The lowest BCUT2D eigenvalue weighted by atomic mass is 10.0. The smallest absolute Gasteiger partial charge is 0.420 e. The molecule has 0 amide bonds. The summed E-state index contributed by atoms with van der Waals surface area (Å²) in [6, 6.07) is 10.8. The number of nitrogen functional groups attached to an aromatic ring is 1. The maximum absolute atomic E-state index is 15.3. The molecular weight excluding hydrogens is 508 g/mol. The number of nitriles is 1. The van der Waals surface area contributed by atoms with Crippen LogP contribution < -0.4 is 5.73 Å². The molecule has 0 saturated heterocycles. The largest absolute Gasteiger partial charge is 0.439 e. The Labute approximate surface area is 211 Å². The SMILES string of the molecule is Cc1nc(C(O)C(F)(F)F)c(-c2c(-c3cccc(C#N)c3F)nc(N)c3nc(Cc4ccccn4)nn23)o1. The molecule has 0 aliphatic rings. The summed E-state index contributed by atoms with van der Waals surface area (Å²) in [5.74, 6) is -1.83. The van der Waals surface area contributed by atoms with Crippen LogP contribution in [0.25, 0.3) is 28.4 Å². The number of anilines is 1. The third-order valence-corrected chi connectivity index (χ3v) is 5.53. The van der Waals surface area contributed by atoms with Crippen molar-refractivity contribution in [3.63, 3.8) is 0 Å². The Morgan fingerprint density at radius 1 is 1.16 bits per heavy atom. The summed E-state index contributed by atoms with van der Waals surface area (Å²) < 4.78 is 62.5. The van der Waals surface area contributed by atoms with Crippen molar-refractivity contribution in [2.45, 2.75) is 25.6 Å². The number of alkyl halides is 3. The highest BCUT2D eigenvalue weighted by molar-refractivity contribution is 5.82. The summed E-state index contributed by atoms with van der Waals surface area (Å²) in [5, 5.41) is 23.8. The molecule has 1 aromatic carbocycles. The van der Waals surface area contributed by atoms with E-state index in [-0.39, 0.29) is 52.1 Å². The maximum Gasteiger partial charge on any atom is 0.420 e. The van der Waals surface area contributed by atoms with Crippen molar-refractivity contribution < 1.29 is 27.1 Å². The van der Waals surface area contributed by atoms with Crippen LogP contribution in [0.15, 0.2) is 47.0 Å². The van der Waals surface area contributed by atoms with Crippen LogP contribution in [0.3, 0.4) is 0 Å². The number of benzene rings is 1. The van der Waals surface area contributed by atoms with Gasteiger partial charge in [-0.3, -0.25) is 4.98 Å². The van der Waals surface area contributed by atoms with E-state index in [4.69, 9.17) is 10.2 Å². The molecule has 3 N–H and O–H groups in total. The van der Waals surface area contributed by atoms with Gasteiger partial charge in [0.05, 0.1) is 12.0 Å². The van der Waals surface area contributed by atoms with Gasteiger partial charge in [-0.1, -0.05) is 12.1 Å². The number of pyridine rings is 1. The average Bonchev–Trinajstić information content (AvgIpc) is 3.47. The monoisotopic (exact) mass is 524 g/mol. The van der Waals surface area contributed by atoms with E-state index in [1.165, 1.54) is 25.1 Å².